The fraction of sp³-hybridized carbons (Fsp3) is 0.125. The zero-order valence-electron chi connectivity index (χ0n) is 12.7. The van der Waals surface area contributed by atoms with Crippen molar-refractivity contribution in [3.8, 4) is 22.0 Å². The molecule has 120 valence electrons. The highest BCUT2D eigenvalue weighted by molar-refractivity contribution is 7.15. The zero-order chi connectivity index (χ0) is 16.4. The molecule has 0 unspecified atom stereocenters. The van der Waals surface area contributed by atoms with Gasteiger partial charge in [-0.25, -0.2) is 9.97 Å². The SMILES string of the molecule is Nc1nnc(CCn2cnc(-c3ccccc3)c2-c2nccs2)s1. The molecular formula is C16H14N6S2. The number of benzene rings is 1. The Hall–Kier alpha value is -2.58. The molecule has 0 aliphatic heterocycles. The second-order valence-corrected chi connectivity index (χ2v) is 7.11. The lowest BCUT2D eigenvalue weighted by Crippen LogP contribution is -2.02. The second-order valence-electron chi connectivity index (χ2n) is 5.12. The van der Waals surface area contributed by atoms with Gasteiger partial charge in [-0.3, -0.25) is 0 Å². The van der Waals surface area contributed by atoms with Crippen LogP contribution < -0.4 is 5.73 Å². The summed E-state index contributed by atoms with van der Waals surface area (Å²) in [6, 6.07) is 10.2. The molecule has 0 radical (unpaired) electrons. The Kier molecular flexibility index (Phi) is 4.06. The van der Waals surface area contributed by atoms with Crippen molar-refractivity contribution in [3.05, 3.63) is 53.2 Å². The van der Waals surface area contributed by atoms with Crippen LogP contribution in [-0.4, -0.2) is 24.7 Å². The minimum absolute atomic E-state index is 0.501. The van der Waals surface area contributed by atoms with Crippen LogP contribution >= 0.6 is 22.7 Å². The van der Waals surface area contributed by atoms with Crippen LogP contribution in [0, 0.1) is 0 Å². The molecule has 1 aromatic carbocycles. The summed E-state index contributed by atoms with van der Waals surface area (Å²) in [4.78, 5) is 9.11. The number of aromatic nitrogens is 5. The summed E-state index contributed by atoms with van der Waals surface area (Å²) < 4.78 is 2.12. The van der Waals surface area contributed by atoms with Gasteiger partial charge in [-0.05, 0) is 0 Å². The van der Waals surface area contributed by atoms with E-state index in [1.807, 2.05) is 36.1 Å². The van der Waals surface area contributed by atoms with Gasteiger partial charge >= 0.3 is 0 Å². The van der Waals surface area contributed by atoms with E-state index in [0.29, 0.717) is 5.13 Å². The molecule has 4 rings (SSSR count). The van der Waals surface area contributed by atoms with Crippen molar-refractivity contribution in [2.75, 3.05) is 5.73 Å². The van der Waals surface area contributed by atoms with Crippen molar-refractivity contribution in [1.82, 2.24) is 24.7 Å². The number of anilines is 1. The monoisotopic (exact) mass is 354 g/mol. The fourth-order valence-electron chi connectivity index (χ4n) is 2.51. The number of thiazole rings is 1. The third-order valence-electron chi connectivity index (χ3n) is 3.57. The van der Waals surface area contributed by atoms with Crippen molar-refractivity contribution < 1.29 is 0 Å². The Labute approximate surface area is 146 Å². The van der Waals surface area contributed by atoms with E-state index in [0.717, 1.165) is 39.9 Å². The van der Waals surface area contributed by atoms with Crippen LogP contribution in [0.5, 0.6) is 0 Å². The number of nitrogens with zero attached hydrogens (tertiary/aromatic N) is 5. The minimum Gasteiger partial charge on any atom is -0.374 e. The molecule has 2 N–H and O–H groups in total. The number of aryl methyl sites for hydroxylation is 2. The van der Waals surface area contributed by atoms with Crippen LogP contribution in [0.15, 0.2) is 48.2 Å². The predicted octanol–water partition coefficient (Wildman–Crippen LogP) is 3.35. The molecule has 6 nitrogen and oxygen atoms in total. The number of rotatable bonds is 5. The summed E-state index contributed by atoms with van der Waals surface area (Å²) in [5.74, 6) is 0. The lowest BCUT2D eigenvalue weighted by molar-refractivity contribution is 0.694. The Bertz CT molecular complexity index is 927. The Morgan fingerprint density at radius 2 is 1.96 bits per heavy atom. The van der Waals surface area contributed by atoms with Gasteiger partial charge in [-0.1, -0.05) is 41.7 Å². The van der Waals surface area contributed by atoms with Gasteiger partial charge in [-0.15, -0.1) is 21.5 Å². The third kappa shape index (κ3) is 2.93. The van der Waals surface area contributed by atoms with E-state index in [9.17, 15) is 0 Å². The van der Waals surface area contributed by atoms with Gasteiger partial charge in [0, 0.05) is 30.1 Å². The molecule has 4 aromatic rings. The number of hydrogen-bond donors (Lipinski definition) is 1. The summed E-state index contributed by atoms with van der Waals surface area (Å²) in [7, 11) is 0. The maximum atomic E-state index is 5.65. The van der Waals surface area contributed by atoms with Gasteiger partial charge in [0.15, 0.2) is 0 Å². The first-order valence-corrected chi connectivity index (χ1v) is 9.09. The molecule has 0 saturated heterocycles. The first kappa shape index (κ1) is 15.0. The van der Waals surface area contributed by atoms with Gasteiger partial charge in [-0.2, -0.15) is 0 Å². The lowest BCUT2D eigenvalue weighted by atomic mass is 10.1. The molecule has 0 saturated carbocycles. The van der Waals surface area contributed by atoms with Crippen molar-refractivity contribution in [1.29, 1.82) is 0 Å². The van der Waals surface area contributed by atoms with Crippen LogP contribution in [0.4, 0.5) is 5.13 Å². The molecule has 0 atom stereocenters. The summed E-state index contributed by atoms with van der Waals surface area (Å²) in [5.41, 5.74) is 8.72. The Morgan fingerprint density at radius 1 is 1.08 bits per heavy atom. The van der Waals surface area contributed by atoms with Gasteiger partial charge in [0.25, 0.3) is 0 Å². The molecule has 0 aliphatic carbocycles. The topological polar surface area (TPSA) is 82.5 Å². The van der Waals surface area contributed by atoms with E-state index >= 15 is 0 Å². The smallest absolute Gasteiger partial charge is 0.203 e. The number of nitrogen functional groups attached to an aromatic ring is 1. The molecule has 3 heterocycles. The molecule has 0 fully saturated rings. The Morgan fingerprint density at radius 3 is 2.67 bits per heavy atom. The van der Waals surface area contributed by atoms with Crippen LogP contribution in [0.2, 0.25) is 0 Å². The first-order chi connectivity index (χ1) is 11.8. The Balaban J connectivity index is 1.70. The number of nitrogens with two attached hydrogens (primary N) is 1. The quantitative estimate of drug-likeness (QED) is 0.594. The summed E-state index contributed by atoms with van der Waals surface area (Å²) >= 11 is 3.03. The molecule has 0 spiro atoms. The highest BCUT2D eigenvalue weighted by Crippen LogP contribution is 2.32. The highest BCUT2D eigenvalue weighted by atomic mass is 32.1. The van der Waals surface area contributed by atoms with Crippen LogP contribution in [0.3, 0.4) is 0 Å². The average Bonchev–Trinajstić information content (AvgIpc) is 3.34. The molecule has 8 heteroatoms. The predicted molar refractivity (Wildman–Crippen MR) is 96.8 cm³/mol. The zero-order valence-corrected chi connectivity index (χ0v) is 14.3. The first-order valence-electron chi connectivity index (χ1n) is 7.39. The van der Waals surface area contributed by atoms with E-state index in [2.05, 4.69) is 36.9 Å². The summed E-state index contributed by atoms with van der Waals surface area (Å²) in [5, 5.41) is 12.3. The van der Waals surface area contributed by atoms with Crippen molar-refractivity contribution >= 4 is 27.8 Å². The van der Waals surface area contributed by atoms with Crippen molar-refractivity contribution in [2.45, 2.75) is 13.0 Å². The highest BCUT2D eigenvalue weighted by Gasteiger charge is 2.17. The lowest BCUT2D eigenvalue weighted by Gasteiger charge is -2.07. The molecule has 0 bridgehead atoms. The van der Waals surface area contributed by atoms with E-state index in [1.54, 1.807) is 11.3 Å². The third-order valence-corrected chi connectivity index (χ3v) is 5.16. The van der Waals surface area contributed by atoms with Crippen LogP contribution in [0.1, 0.15) is 5.01 Å². The molecule has 0 amide bonds. The fourth-order valence-corrected chi connectivity index (χ4v) is 3.80. The summed E-state index contributed by atoms with van der Waals surface area (Å²) in [6.07, 6.45) is 4.44. The largest absolute Gasteiger partial charge is 0.374 e. The molecule has 24 heavy (non-hydrogen) atoms. The van der Waals surface area contributed by atoms with Gasteiger partial charge in [0.2, 0.25) is 5.13 Å². The standard InChI is InChI=1S/C16H14N6S2/c17-16-21-20-12(24-16)6-8-22-10-19-13(11-4-2-1-3-5-11)14(22)15-18-7-9-23-15/h1-5,7,9-10H,6,8H2,(H2,17,21). The normalized spacial score (nSPS) is 11.0. The van der Waals surface area contributed by atoms with Crippen molar-refractivity contribution in [2.24, 2.45) is 0 Å². The summed E-state index contributed by atoms with van der Waals surface area (Å²) in [6.45, 7) is 0.753. The van der Waals surface area contributed by atoms with Crippen molar-refractivity contribution in [3.63, 3.8) is 0 Å². The van der Waals surface area contributed by atoms with E-state index in [1.165, 1.54) is 11.3 Å². The number of imidazole rings is 1. The van der Waals surface area contributed by atoms with Crippen LogP contribution in [-0.2, 0) is 13.0 Å². The molecule has 0 aliphatic rings. The van der Waals surface area contributed by atoms with Gasteiger partial charge in [0.05, 0.1) is 12.0 Å². The van der Waals surface area contributed by atoms with E-state index in [-0.39, 0.29) is 0 Å². The molecular weight excluding hydrogens is 340 g/mol. The second kappa shape index (κ2) is 6.50. The maximum absolute atomic E-state index is 5.65. The van der Waals surface area contributed by atoms with Gasteiger partial charge < -0.3 is 10.3 Å². The van der Waals surface area contributed by atoms with E-state index in [4.69, 9.17) is 5.73 Å². The van der Waals surface area contributed by atoms with Crippen LogP contribution in [0.25, 0.3) is 22.0 Å². The molecule has 3 aromatic heterocycles. The van der Waals surface area contributed by atoms with Gasteiger partial charge in [0.1, 0.15) is 15.7 Å². The van der Waals surface area contributed by atoms with E-state index < -0.39 is 0 Å². The average molecular weight is 354 g/mol. The maximum Gasteiger partial charge on any atom is 0.203 e. The minimum atomic E-state index is 0.501. The number of hydrogen-bond acceptors (Lipinski definition) is 7.